The second-order valence-corrected chi connectivity index (χ2v) is 4.97. The van der Waals surface area contributed by atoms with Crippen LogP contribution in [0.3, 0.4) is 0 Å². The summed E-state index contributed by atoms with van der Waals surface area (Å²) in [6, 6.07) is 3.73. The summed E-state index contributed by atoms with van der Waals surface area (Å²) in [5, 5.41) is 3.36. The fourth-order valence-electron chi connectivity index (χ4n) is 2.95. The quantitative estimate of drug-likeness (QED) is 0.855. The van der Waals surface area contributed by atoms with Gasteiger partial charge in [0.25, 0.3) is 0 Å². The molecule has 2 fully saturated rings. The van der Waals surface area contributed by atoms with Crippen molar-refractivity contribution in [3.63, 3.8) is 0 Å². The molecule has 1 saturated heterocycles. The maximum absolute atomic E-state index is 13.0. The zero-order chi connectivity index (χ0) is 11.8. The summed E-state index contributed by atoms with van der Waals surface area (Å²) in [7, 11) is 0. The van der Waals surface area contributed by atoms with E-state index in [1.165, 1.54) is 6.07 Å². The molecule has 17 heavy (non-hydrogen) atoms. The lowest BCUT2D eigenvalue weighted by Crippen LogP contribution is -2.18. The summed E-state index contributed by atoms with van der Waals surface area (Å²) in [6.07, 6.45) is 2.17. The average molecular weight is 239 g/mol. The molecular weight excluding hydrogens is 224 g/mol. The van der Waals surface area contributed by atoms with E-state index < -0.39 is 11.6 Å². The molecule has 1 aliphatic heterocycles. The van der Waals surface area contributed by atoms with Crippen molar-refractivity contribution in [2.24, 2.45) is 11.8 Å². The molecule has 1 aliphatic carbocycles. The van der Waals surface area contributed by atoms with Crippen molar-refractivity contribution in [3.05, 3.63) is 29.8 Å². The standard InChI is InChI=1S/C13H15F2NO/c14-12-2-1-10(5-13(12)15)17-11-3-8-6-16-7-9(8)4-11/h1-2,5,8-9,11,16H,3-4,6-7H2/t8-,9?,11?/m1/s1. The number of ether oxygens (including phenoxy) is 1. The molecule has 1 heterocycles. The summed E-state index contributed by atoms with van der Waals surface area (Å²) in [6.45, 7) is 2.12. The molecule has 3 atom stereocenters. The Morgan fingerprint density at radius 2 is 1.76 bits per heavy atom. The van der Waals surface area contributed by atoms with Gasteiger partial charge in [-0.15, -0.1) is 0 Å². The Labute approximate surface area is 99.0 Å². The van der Waals surface area contributed by atoms with Gasteiger partial charge in [-0.2, -0.15) is 0 Å². The Hall–Kier alpha value is -1.16. The van der Waals surface area contributed by atoms with Gasteiger partial charge in [0.1, 0.15) is 5.75 Å². The van der Waals surface area contributed by atoms with Gasteiger partial charge >= 0.3 is 0 Å². The third-order valence-corrected chi connectivity index (χ3v) is 3.80. The number of fused-ring (bicyclic) bond motifs is 1. The van der Waals surface area contributed by atoms with Gasteiger partial charge in [-0.25, -0.2) is 8.78 Å². The summed E-state index contributed by atoms with van der Waals surface area (Å²) in [4.78, 5) is 0. The molecule has 0 amide bonds. The predicted octanol–water partition coefficient (Wildman–Crippen LogP) is 2.34. The van der Waals surface area contributed by atoms with E-state index in [0.717, 1.165) is 38.1 Å². The topological polar surface area (TPSA) is 21.3 Å². The Bertz CT molecular complexity index is 412. The number of rotatable bonds is 2. The minimum absolute atomic E-state index is 0.150. The molecule has 92 valence electrons. The van der Waals surface area contributed by atoms with Crippen molar-refractivity contribution in [3.8, 4) is 5.75 Å². The van der Waals surface area contributed by atoms with E-state index in [4.69, 9.17) is 4.74 Å². The van der Waals surface area contributed by atoms with Gasteiger partial charge in [0.05, 0.1) is 6.10 Å². The lowest BCUT2D eigenvalue weighted by atomic mass is 10.0. The highest BCUT2D eigenvalue weighted by molar-refractivity contribution is 5.24. The number of hydrogen-bond donors (Lipinski definition) is 1. The van der Waals surface area contributed by atoms with Crippen LogP contribution in [-0.2, 0) is 0 Å². The minimum Gasteiger partial charge on any atom is -0.490 e. The third-order valence-electron chi connectivity index (χ3n) is 3.80. The Morgan fingerprint density at radius 1 is 1.06 bits per heavy atom. The highest BCUT2D eigenvalue weighted by Crippen LogP contribution is 2.36. The lowest BCUT2D eigenvalue weighted by molar-refractivity contribution is 0.198. The monoisotopic (exact) mass is 239 g/mol. The van der Waals surface area contributed by atoms with Gasteiger partial charge in [-0.3, -0.25) is 0 Å². The molecule has 0 spiro atoms. The van der Waals surface area contributed by atoms with Gasteiger partial charge in [-0.05, 0) is 49.9 Å². The molecule has 4 heteroatoms. The van der Waals surface area contributed by atoms with Crippen LogP contribution in [0.15, 0.2) is 18.2 Å². The summed E-state index contributed by atoms with van der Waals surface area (Å²) in [5.74, 6) is 0.129. The van der Waals surface area contributed by atoms with Crippen LogP contribution in [0.2, 0.25) is 0 Å². The van der Waals surface area contributed by atoms with E-state index in [2.05, 4.69) is 5.32 Å². The minimum atomic E-state index is -0.845. The van der Waals surface area contributed by atoms with E-state index in [1.54, 1.807) is 0 Å². The van der Waals surface area contributed by atoms with Crippen molar-refractivity contribution in [1.29, 1.82) is 0 Å². The van der Waals surface area contributed by atoms with E-state index in [-0.39, 0.29) is 6.10 Å². The molecule has 0 bridgehead atoms. The second kappa shape index (κ2) is 4.26. The highest BCUT2D eigenvalue weighted by Gasteiger charge is 2.38. The molecule has 2 unspecified atom stereocenters. The van der Waals surface area contributed by atoms with Crippen LogP contribution in [0.25, 0.3) is 0 Å². The summed E-state index contributed by atoms with van der Waals surface area (Å²) in [5.41, 5.74) is 0. The Kier molecular flexibility index (Phi) is 2.74. The van der Waals surface area contributed by atoms with Gasteiger partial charge in [0.15, 0.2) is 11.6 Å². The average Bonchev–Trinajstić information content (AvgIpc) is 2.84. The Balaban J connectivity index is 1.65. The van der Waals surface area contributed by atoms with Gasteiger partial charge in [-0.1, -0.05) is 0 Å². The molecule has 1 saturated carbocycles. The van der Waals surface area contributed by atoms with E-state index in [9.17, 15) is 8.78 Å². The number of hydrogen-bond acceptors (Lipinski definition) is 2. The summed E-state index contributed by atoms with van der Waals surface area (Å²) >= 11 is 0. The van der Waals surface area contributed by atoms with Gasteiger partial charge < -0.3 is 10.1 Å². The SMILES string of the molecule is Fc1ccc(OC2CC3CNC[C@H]3C2)cc1F. The van der Waals surface area contributed by atoms with Gasteiger partial charge in [0.2, 0.25) is 0 Å². The molecule has 0 aromatic heterocycles. The predicted molar refractivity (Wildman–Crippen MR) is 59.9 cm³/mol. The summed E-state index contributed by atoms with van der Waals surface area (Å²) < 4.78 is 31.5. The van der Waals surface area contributed by atoms with E-state index in [1.807, 2.05) is 0 Å². The smallest absolute Gasteiger partial charge is 0.162 e. The first-order chi connectivity index (χ1) is 8.22. The van der Waals surface area contributed by atoms with Crippen molar-refractivity contribution < 1.29 is 13.5 Å². The van der Waals surface area contributed by atoms with E-state index in [0.29, 0.717) is 17.6 Å². The zero-order valence-corrected chi connectivity index (χ0v) is 9.46. The fourth-order valence-corrected chi connectivity index (χ4v) is 2.95. The molecular formula is C13H15F2NO. The first-order valence-corrected chi connectivity index (χ1v) is 6.05. The van der Waals surface area contributed by atoms with E-state index >= 15 is 0 Å². The maximum atomic E-state index is 13.0. The van der Waals surface area contributed by atoms with Crippen molar-refractivity contribution in [2.45, 2.75) is 18.9 Å². The lowest BCUT2D eigenvalue weighted by Gasteiger charge is -2.14. The van der Waals surface area contributed by atoms with Crippen molar-refractivity contribution in [2.75, 3.05) is 13.1 Å². The van der Waals surface area contributed by atoms with Crippen LogP contribution in [-0.4, -0.2) is 19.2 Å². The van der Waals surface area contributed by atoms with Crippen LogP contribution in [0, 0.1) is 23.5 Å². The normalized spacial score (nSPS) is 31.5. The number of halogens is 2. The van der Waals surface area contributed by atoms with Gasteiger partial charge in [0, 0.05) is 6.07 Å². The zero-order valence-electron chi connectivity index (χ0n) is 9.46. The first-order valence-electron chi connectivity index (χ1n) is 6.05. The molecule has 1 aromatic carbocycles. The van der Waals surface area contributed by atoms with Crippen LogP contribution in [0.5, 0.6) is 5.75 Å². The molecule has 1 N–H and O–H groups in total. The Morgan fingerprint density at radius 3 is 2.41 bits per heavy atom. The molecule has 2 aliphatic rings. The number of nitrogens with one attached hydrogen (secondary N) is 1. The molecule has 3 rings (SSSR count). The second-order valence-electron chi connectivity index (χ2n) is 4.97. The largest absolute Gasteiger partial charge is 0.490 e. The molecule has 0 radical (unpaired) electrons. The fraction of sp³-hybridized carbons (Fsp3) is 0.538. The van der Waals surface area contributed by atoms with Crippen molar-refractivity contribution >= 4 is 0 Å². The van der Waals surface area contributed by atoms with Crippen LogP contribution < -0.4 is 10.1 Å². The van der Waals surface area contributed by atoms with Crippen LogP contribution in [0.1, 0.15) is 12.8 Å². The molecule has 1 aromatic rings. The van der Waals surface area contributed by atoms with Crippen LogP contribution >= 0.6 is 0 Å². The van der Waals surface area contributed by atoms with Crippen molar-refractivity contribution in [1.82, 2.24) is 5.32 Å². The number of benzene rings is 1. The van der Waals surface area contributed by atoms with Crippen LogP contribution in [0.4, 0.5) is 8.78 Å². The third kappa shape index (κ3) is 2.14. The molecule has 2 nitrogen and oxygen atoms in total. The maximum Gasteiger partial charge on any atom is 0.162 e. The highest BCUT2D eigenvalue weighted by atomic mass is 19.2. The first kappa shape index (κ1) is 11.0.